The Hall–Kier alpha value is -3.20. The molecule has 2 aromatic heterocycles. The van der Waals surface area contributed by atoms with Gasteiger partial charge in [-0.25, -0.2) is 4.68 Å². The van der Waals surface area contributed by atoms with E-state index in [1.807, 2.05) is 0 Å². The van der Waals surface area contributed by atoms with E-state index in [1.54, 1.807) is 13.8 Å². The first-order valence-corrected chi connectivity index (χ1v) is 11.5. The van der Waals surface area contributed by atoms with Crippen molar-refractivity contribution in [3.8, 4) is 0 Å². The predicted octanol–water partition coefficient (Wildman–Crippen LogP) is 1.95. The fourth-order valence-corrected chi connectivity index (χ4v) is 4.44. The highest BCUT2D eigenvalue weighted by Crippen LogP contribution is 2.22. The van der Waals surface area contributed by atoms with Crippen LogP contribution in [-0.2, 0) is 11.3 Å². The SMILES string of the molecule is Cc1ccc(C)c(N2CCN(CCCNC(=O)Cn3nc(C)c4c(C)onc4c3=O)CC2)c1. The first-order valence-electron chi connectivity index (χ1n) is 11.5. The summed E-state index contributed by atoms with van der Waals surface area (Å²) in [4.78, 5) is 29.8. The monoisotopic (exact) mass is 452 g/mol. The van der Waals surface area contributed by atoms with Gasteiger partial charge in [0.15, 0.2) is 5.52 Å². The zero-order valence-electron chi connectivity index (χ0n) is 19.8. The Labute approximate surface area is 193 Å². The molecule has 0 bridgehead atoms. The van der Waals surface area contributed by atoms with Crippen LogP contribution in [-0.4, -0.2) is 65.0 Å². The molecule has 1 aliphatic rings. The fourth-order valence-electron chi connectivity index (χ4n) is 4.44. The van der Waals surface area contributed by atoms with E-state index in [1.165, 1.54) is 16.8 Å². The fraction of sp³-hybridized carbons (Fsp3) is 0.500. The number of nitrogens with zero attached hydrogens (tertiary/aromatic N) is 5. The summed E-state index contributed by atoms with van der Waals surface area (Å²) in [6.07, 6.45) is 0.859. The lowest BCUT2D eigenvalue weighted by molar-refractivity contribution is -0.121. The number of fused-ring (bicyclic) bond motifs is 1. The molecule has 9 heteroatoms. The second-order valence-corrected chi connectivity index (χ2v) is 8.83. The molecular weight excluding hydrogens is 420 g/mol. The number of rotatable bonds is 7. The highest BCUT2D eigenvalue weighted by molar-refractivity contribution is 5.82. The molecule has 0 atom stereocenters. The molecule has 0 unspecified atom stereocenters. The summed E-state index contributed by atoms with van der Waals surface area (Å²) in [5, 5.41) is 11.6. The number of aryl methyl sites for hydroxylation is 4. The molecule has 0 saturated carbocycles. The van der Waals surface area contributed by atoms with Crippen molar-refractivity contribution in [1.82, 2.24) is 25.2 Å². The number of carbonyl (C=O) groups is 1. The Morgan fingerprint density at radius 1 is 1.12 bits per heavy atom. The smallest absolute Gasteiger partial charge is 0.297 e. The molecule has 33 heavy (non-hydrogen) atoms. The van der Waals surface area contributed by atoms with Crippen LogP contribution in [0.1, 0.15) is 29.0 Å². The number of hydrogen-bond acceptors (Lipinski definition) is 7. The number of piperazine rings is 1. The second-order valence-electron chi connectivity index (χ2n) is 8.83. The molecule has 1 amide bonds. The van der Waals surface area contributed by atoms with Crippen LogP contribution >= 0.6 is 0 Å². The van der Waals surface area contributed by atoms with Crippen LogP contribution in [0, 0.1) is 27.7 Å². The van der Waals surface area contributed by atoms with Crippen molar-refractivity contribution >= 4 is 22.5 Å². The van der Waals surface area contributed by atoms with Crippen molar-refractivity contribution in [3.63, 3.8) is 0 Å². The summed E-state index contributed by atoms with van der Waals surface area (Å²) in [6.45, 7) is 13.2. The first-order chi connectivity index (χ1) is 15.8. The maximum atomic E-state index is 12.5. The Morgan fingerprint density at radius 2 is 1.88 bits per heavy atom. The molecule has 176 valence electrons. The zero-order chi connectivity index (χ0) is 23.5. The van der Waals surface area contributed by atoms with Crippen molar-refractivity contribution < 1.29 is 9.32 Å². The minimum absolute atomic E-state index is 0.129. The van der Waals surface area contributed by atoms with Crippen molar-refractivity contribution in [1.29, 1.82) is 0 Å². The van der Waals surface area contributed by atoms with E-state index in [9.17, 15) is 9.59 Å². The highest BCUT2D eigenvalue weighted by atomic mass is 16.5. The van der Waals surface area contributed by atoms with Gasteiger partial charge < -0.3 is 14.7 Å². The third kappa shape index (κ3) is 5.08. The van der Waals surface area contributed by atoms with Crippen molar-refractivity contribution in [2.75, 3.05) is 44.2 Å². The van der Waals surface area contributed by atoms with Gasteiger partial charge in [-0.3, -0.25) is 14.5 Å². The van der Waals surface area contributed by atoms with E-state index >= 15 is 0 Å². The van der Waals surface area contributed by atoms with Gasteiger partial charge in [0, 0.05) is 38.4 Å². The summed E-state index contributed by atoms with van der Waals surface area (Å²) < 4.78 is 6.26. The van der Waals surface area contributed by atoms with Crippen LogP contribution in [0.15, 0.2) is 27.5 Å². The van der Waals surface area contributed by atoms with Gasteiger partial charge in [-0.05, 0) is 57.9 Å². The standard InChI is InChI=1S/C24H32N6O3/c1-16-6-7-17(2)20(14-16)29-12-10-28(11-13-29)9-5-8-25-21(31)15-30-24(32)23-22(18(3)26-30)19(4)33-27-23/h6-7,14H,5,8-13,15H2,1-4H3,(H,25,31). The summed E-state index contributed by atoms with van der Waals surface area (Å²) >= 11 is 0. The van der Waals surface area contributed by atoms with Gasteiger partial charge in [0.25, 0.3) is 5.56 Å². The number of nitrogens with one attached hydrogen (secondary N) is 1. The van der Waals surface area contributed by atoms with E-state index in [2.05, 4.69) is 57.4 Å². The summed E-state index contributed by atoms with van der Waals surface area (Å²) in [7, 11) is 0. The lowest BCUT2D eigenvalue weighted by Crippen LogP contribution is -2.47. The molecule has 9 nitrogen and oxygen atoms in total. The molecule has 1 N–H and O–H groups in total. The number of anilines is 1. The normalized spacial score (nSPS) is 14.7. The van der Waals surface area contributed by atoms with Crippen LogP contribution in [0.3, 0.4) is 0 Å². The Kier molecular flexibility index (Phi) is 6.78. The van der Waals surface area contributed by atoms with Crippen molar-refractivity contribution in [2.45, 2.75) is 40.7 Å². The number of aromatic nitrogens is 3. The molecule has 3 aromatic rings. The third-order valence-electron chi connectivity index (χ3n) is 6.28. The summed E-state index contributed by atoms with van der Waals surface area (Å²) in [6, 6.07) is 6.61. The maximum absolute atomic E-state index is 12.5. The third-order valence-corrected chi connectivity index (χ3v) is 6.28. The molecular formula is C24H32N6O3. The quantitative estimate of drug-likeness (QED) is 0.547. The van der Waals surface area contributed by atoms with Gasteiger partial charge in [0.2, 0.25) is 5.91 Å². The number of hydrogen-bond donors (Lipinski definition) is 1. The van der Waals surface area contributed by atoms with Gasteiger partial charge in [-0.15, -0.1) is 0 Å². The van der Waals surface area contributed by atoms with E-state index in [0.29, 0.717) is 23.4 Å². The Bertz CT molecular complexity index is 1210. The minimum atomic E-state index is -0.413. The van der Waals surface area contributed by atoms with Gasteiger partial charge in [0.05, 0.1) is 11.1 Å². The van der Waals surface area contributed by atoms with Crippen LogP contribution in [0.4, 0.5) is 5.69 Å². The molecule has 0 spiro atoms. The molecule has 0 aliphatic carbocycles. The van der Waals surface area contributed by atoms with E-state index in [-0.39, 0.29) is 18.0 Å². The Balaban J connectivity index is 1.21. The van der Waals surface area contributed by atoms with E-state index in [4.69, 9.17) is 4.52 Å². The van der Waals surface area contributed by atoms with Crippen LogP contribution in [0.5, 0.6) is 0 Å². The Morgan fingerprint density at radius 3 is 2.64 bits per heavy atom. The maximum Gasteiger partial charge on any atom is 0.297 e. The van der Waals surface area contributed by atoms with E-state index < -0.39 is 5.56 Å². The average Bonchev–Trinajstić information content (AvgIpc) is 3.19. The summed E-state index contributed by atoms with van der Waals surface area (Å²) in [5.74, 6) is 0.321. The average molecular weight is 453 g/mol. The first kappa shape index (κ1) is 23.0. The molecule has 1 aromatic carbocycles. The summed E-state index contributed by atoms with van der Waals surface area (Å²) in [5.41, 5.74) is 4.36. The number of carbonyl (C=O) groups excluding carboxylic acids is 1. The van der Waals surface area contributed by atoms with Gasteiger partial charge in [-0.1, -0.05) is 17.3 Å². The van der Waals surface area contributed by atoms with Gasteiger partial charge in [0.1, 0.15) is 12.3 Å². The van der Waals surface area contributed by atoms with E-state index in [0.717, 1.165) is 43.8 Å². The molecule has 1 fully saturated rings. The number of amides is 1. The lowest BCUT2D eigenvalue weighted by Gasteiger charge is -2.37. The molecule has 3 heterocycles. The highest BCUT2D eigenvalue weighted by Gasteiger charge is 2.19. The van der Waals surface area contributed by atoms with Crippen molar-refractivity contribution in [3.05, 3.63) is 51.1 Å². The van der Waals surface area contributed by atoms with Crippen LogP contribution < -0.4 is 15.8 Å². The topological polar surface area (TPSA) is 96.5 Å². The van der Waals surface area contributed by atoms with Crippen LogP contribution in [0.25, 0.3) is 10.9 Å². The van der Waals surface area contributed by atoms with Gasteiger partial charge in [-0.2, -0.15) is 5.10 Å². The molecule has 0 radical (unpaired) electrons. The zero-order valence-corrected chi connectivity index (χ0v) is 19.8. The number of benzene rings is 1. The predicted molar refractivity (Wildman–Crippen MR) is 128 cm³/mol. The molecule has 1 aliphatic heterocycles. The van der Waals surface area contributed by atoms with Crippen LogP contribution in [0.2, 0.25) is 0 Å². The lowest BCUT2D eigenvalue weighted by atomic mass is 10.1. The van der Waals surface area contributed by atoms with Gasteiger partial charge >= 0.3 is 0 Å². The van der Waals surface area contributed by atoms with Crippen molar-refractivity contribution in [2.24, 2.45) is 0 Å². The second kappa shape index (κ2) is 9.74. The molecule has 4 rings (SSSR count). The largest absolute Gasteiger partial charge is 0.369 e. The molecule has 1 saturated heterocycles. The minimum Gasteiger partial charge on any atom is -0.369 e.